The largest absolute Gasteiger partial charge is 0.294 e. The molecule has 19 heavy (non-hydrogen) atoms. The summed E-state index contributed by atoms with van der Waals surface area (Å²) >= 11 is 0. The summed E-state index contributed by atoms with van der Waals surface area (Å²) in [5.41, 5.74) is 1.83. The van der Waals surface area contributed by atoms with E-state index in [1.54, 1.807) is 6.07 Å². The van der Waals surface area contributed by atoms with Gasteiger partial charge in [-0.3, -0.25) is 4.79 Å². The molecule has 0 N–H and O–H groups in total. The van der Waals surface area contributed by atoms with Crippen LogP contribution in [0.3, 0.4) is 0 Å². The van der Waals surface area contributed by atoms with Gasteiger partial charge in [-0.05, 0) is 37.1 Å². The lowest BCUT2D eigenvalue weighted by molar-refractivity contribution is 0.0988. The fourth-order valence-electron chi connectivity index (χ4n) is 1.96. The zero-order chi connectivity index (χ0) is 14.0. The molecule has 0 radical (unpaired) electrons. The molecule has 0 saturated heterocycles. The van der Waals surface area contributed by atoms with Gasteiger partial charge >= 0.3 is 0 Å². The van der Waals surface area contributed by atoms with Crippen molar-refractivity contribution < 1.29 is 13.6 Å². The van der Waals surface area contributed by atoms with Gasteiger partial charge in [0, 0.05) is 6.42 Å². The van der Waals surface area contributed by atoms with Crippen LogP contribution in [0.15, 0.2) is 36.4 Å². The first-order chi connectivity index (χ1) is 8.97. The maximum Gasteiger partial charge on any atom is 0.170 e. The number of benzene rings is 2. The van der Waals surface area contributed by atoms with Crippen molar-refractivity contribution in [3.63, 3.8) is 0 Å². The Balaban J connectivity index is 2.28. The monoisotopic (exact) mass is 260 g/mol. The van der Waals surface area contributed by atoms with E-state index in [-0.39, 0.29) is 17.5 Å². The van der Waals surface area contributed by atoms with Crippen LogP contribution in [0, 0.1) is 25.5 Å². The van der Waals surface area contributed by atoms with Crippen LogP contribution in [-0.2, 0) is 6.42 Å². The molecule has 0 aliphatic rings. The molecule has 0 aliphatic heterocycles. The quantitative estimate of drug-likeness (QED) is 0.762. The molecule has 0 heterocycles. The zero-order valence-electron chi connectivity index (χ0n) is 10.8. The molecule has 0 atom stereocenters. The van der Waals surface area contributed by atoms with Crippen LogP contribution in [0.2, 0.25) is 0 Å². The van der Waals surface area contributed by atoms with Gasteiger partial charge in [-0.1, -0.05) is 29.8 Å². The van der Waals surface area contributed by atoms with E-state index >= 15 is 0 Å². The number of aryl methyl sites for hydroxylation is 2. The molecule has 0 amide bonds. The van der Waals surface area contributed by atoms with Crippen LogP contribution in [0.5, 0.6) is 0 Å². The Kier molecular flexibility index (Phi) is 3.74. The van der Waals surface area contributed by atoms with Gasteiger partial charge < -0.3 is 0 Å². The van der Waals surface area contributed by atoms with Crippen LogP contribution in [-0.4, -0.2) is 5.78 Å². The molecular weight excluding hydrogens is 246 g/mol. The van der Waals surface area contributed by atoms with E-state index in [0.717, 1.165) is 23.3 Å². The summed E-state index contributed by atoms with van der Waals surface area (Å²) in [5.74, 6) is -1.65. The second-order valence-electron chi connectivity index (χ2n) is 4.67. The van der Waals surface area contributed by atoms with E-state index in [9.17, 15) is 13.6 Å². The van der Waals surface area contributed by atoms with Crippen molar-refractivity contribution >= 4 is 5.78 Å². The molecule has 0 unspecified atom stereocenters. The van der Waals surface area contributed by atoms with Crippen molar-refractivity contribution in [1.29, 1.82) is 0 Å². The maximum absolute atomic E-state index is 13.7. The van der Waals surface area contributed by atoms with Crippen molar-refractivity contribution in [2.24, 2.45) is 0 Å². The van der Waals surface area contributed by atoms with Gasteiger partial charge in [-0.2, -0.15) is 0 Å². The van der Waals surface area contributed by atoms with Crippen LogP contribution in [0.4, 0.5) is 8.78 Å². The van der Waals surface area contributed by atoms with E-state index in [1.807, 2.05) is 25.1 Å². The van der Waals surface area contributed by atoms with Crippen molar-refractivity contribution in [3.8, 4) is 0 Å². The summed E-state index contributed by atoms with van der Waals surface area (Å²) in [4.78, 5) is 12.0. The molecule has 2 rings (SSSR count). The van der Waals surface area contributed by atoms with E-state index in [4.69, 9.17) is 0 Å². The predicted octanol–water partition coefficient (Wildman–Crippen LogP) is 4.01. The van der Waals surface area contributed by atoms with Crippen molar-refractivity contribution in [2.75, 3.05) is 0 Å². The molecule has 0 aliphatic carbocycles. The lowest BCUT2D eigenvalue weighted by Crippen LogP contribution is -2.07. The highest BCUT2D eigenvalue weighted by molar-refractivity contribution is 5.97. The number of ketones is 1. The Morgan fingerprint density at radius 1 is 1.05 bits per heavy atom. The van der Waals surface area contributed by atoms with Crippen molar-refractivity contribution in [1.82, 2.24) is 0 Å². The molecule has 2 aromatic rings. The normalized spacial score (nSPS) is 10.5. The van der Waals surface area contributed by atoms with E-state index in [0.29, 0.717) is 0 Å². The minimum absolute atomic E-state index is 0.0705. The van der Waals surface area contributed by atoms with Gasteiger partial charge in [-0.25, -0.2) is 8.78 Å². The number of carbonyl (C=O) groups is 1. The van der Waals surface area contributed by atoms with E-state index in [1.165, 1.54) is 6.92 Å². The molecule has 98 valence electrons. The fourth-order valence-corrected chi connectivity index (χ4v) is 1.96. The van der Waals surface area contributed by atoms with Crippen LogP contribution in [0.1, 0.15) is 27.0 Å². The molecule has 0 fully saturated rings. The number of rotatable bonds is 3. The number of carbonyl (C=O) groups excluding carboxylic acids is 1. The molecule has 0 aromatic heterocycles. The van der Waals surface area contributed by atoms with Crippen LogP contribution < -0.4 is 0 Å². The SMILES string of the molecule is Cc1cccc(CC(=O)c2cc(F)c(C)cc2F)c1. The molecule has 2 aromatic carbocycles. The Morgan fingerprint density at radius 2 is 1.79 bits per heavy atom. The fraction of sp³-hybridized carbons (Fsp3) is 0.188. The van der Waals surface area contributed by atoms with Crippen molar-refractivity contribution in [2.45, 2.75) is 20.3 Å². The number of hydrogen-bond donors (Lipinski definition) is 0. The second-order valence-corrected chi connectivity index (χ2v) is 4.67. The highest BCUT2D eigenvalue weighted by atomic mass is 19.1. The lowest BCUT2D eigenvalue weighted by atomic mass is 10.00. The average Bonchev–Trinajstić information content (AvgIpc) is 2.33. The van der Waals surface area contributed by atoms with Crippen molar-refractivity contribution in [3.05, 3.63) is 70.3 Å². The smallest absolute Gasteiger partial charge is 0.170 e. The van der Waals surface area contributed by atoms with Gasteiger partial charge in [0.05, 0.1) is 5.56 Å². The molecule has 0 spiro atoms. The van der Waals surface area contributed by atoms with Gasteiger partial charge in [0.25, 0.3) is 0 Å². The summed E-state index contributed by atoms with van der Waals surface area (Å²) < 4.78 is 27.1. The molecular formula is C16H14F2O. The topological polar surface area (TPSA) is 17.1 Å². The average molecular weight is 260 g/mol. The summed E-state index contributed by atoms with van der Waals surface area (Å²) in [7, 11) is 0. The number of Topliss-reactive ketones (excluding diaryl/α,β-unsaturated/α-hetero) is 1. The Morgan fingerprint density at radius 3 is 2.47 bits per heavy atom. The zero-order valence-corrected chi connectivity index (χ0v) is 10.8. The first-order valence-electron chi connectivity index (χ1n) is 6.02. The third-order valence-corrected chi connectivity index (χ3v) is 3.00. The van der Waals surface area contributed by atoms with Gasteiger partial charge in [-0.15, -0.1) is 0 Å². The van der Waals surface area contributed by atoms with Crippen LogP contribution >= 0.6 is 0 Å². The van der Waals surface area contributed by atoms with Crippen LogP contribution in [0.25, 0.3) is 0 Å². The number of halogens is 2. The minimum Gasteiger partial charge on any atom is -0.294 e. The maximum atomic E-state index is 13.7. The third kappa shape index (κ3) is 3.05. The minimum atomic E-state index is -0.670. The Labute approximate surface area is 110 Å². The summed E-state index contributed by atoms with van der Waals surface area (Å²) in [5, 5.41) is 0. The first kappa shape index (κ1) is 13.4. The molecule has 3 heteroatoms. The highest BCUT2D eigenvalue weighted by Gasteiger charge is 2.15. The molecule has 1 nitrogen and oxygen atoms in total. The Hall–Kier alpha value is -2.03. The number of hydrogen-bond acceptors (Lipinski definition) is 1. The standard InChI is InChI=1S/C16H14F2O/c1-10-4-3-5-12(6-10)8-16(19)13-9-14(17)11(2)7-15(13)18/h3-7,9H,8H2,1-2H3. The summed E-state index contributed by atoms with van der Waals surface area (Å²) in [6.45, 7) is 3.38. The first-order valence-corrected chi connectivity index (χ1v) is 6.02. The highest BCUT2D eigenvalue weighted by Crippen LogP contribution is 2.17. The van der Waals surface area contributed by atoms with Gasteiger partial charge in [0.1, 0.15) is 11.6 Å². The molecule has 0 bridgehead atoms. The Bertz CT molecular complexity index is 633. The van der Waals surface area contributed by atoms with Gasteiger partial charge in [0.2, 0.25) is 0 Å². The predicted molar refractivity (Wildman–Crippen MR) is 70.3 cm³/mol. The summed E-state index contributed by atoms with van der Waals surface area (Å²) in [6.07, 6.45) is 0.0705. The third-order valence-electron chi connectivity index (χ3n) is 3.00. The lowest BCUT2D eigenvalue weighted by Gasteiger charge is -2.06. The van der Waals surface area contributed by atoms with E-state index in [2.05, 4.69) is 0 Å². The van der Waals surface area contributed by atoms with Gasteiger partial charge in [0.15, 0.2) is 5.78 Å². The summed E-state index contributed by atoms with van der Waals surface area (Å²) in [6, 6.07) is 9.44. The molecule has 0 saturated carbocycles. The second kappa shape index (κ2) is 5.31. The van der Waals surface area contributed by atoms with E-state index < -0.39 is 17.4 Å².